The van der Waals surface area contributed by atoms with Crippen LogP contribution in [0.4, 0.5) is 23.2 Å². The number of thioether (sulfide) groups is 1. The van der Waals surface area contributed by atoms with Crippen molar-refractivity contribution in [1.29, 1.82) is 0 Å². The van der Waals surface area contributed by atoms with Gasteiger partial charge in [-0.05, 0) is 36.8 Å². The molecule has 188 valence electrons. The number of rotatable bonds is 11. The Labute approximate surface area is 213 Å². The Morgan fingerprint density at radius 3 is 2.69 bits per heavy atom. The average Bonchev–Trinajstić information content (AvgIpc) is 3.23. The van der Waals surface area contributed by atoms with Crippen molar-refractivity contribution in [2.75, 3.05) is 17.7 Å². The van der Waals surface area contributed by atoms with Gasteiger partial charge < -0.3 is 14.6 Å². The van der Waals surface area contributed by atoms with Crippen LogP contribution in [0.5, 0.6) is 0 Å². The number of alkyl halides is 4. The summed E-state index contributed by atoms with van der Waals surface area (Å²) in [6.45, 7) is 0.712. The van der Waals surface area contributed by atoms with Gasteiger partial charge in [0.1, 0.15) is 6.61 Å². The Bertz CT molecular complexity index is 1180. The number of hydrogen-bond acceptors (Lipinski definition) is 5. The smallest absolute Gasteiger partial charge is 0.330 e. The molecule has 35 heavy (non-hydrogen) atoms. The van der Waals surface area contributed by atoms with Gasteiger partial charge >= 0.3 is 12.3 Å². The minimum Gasteiger partial charge on any atom is -0.370 e. The van der Waals surface area contributed by atoms with E-state index < -0.39 is 19.0 Å². The largest absolute Gasteiger partial charge is 0.370 e. The van der Waals surface area contributed by atoms with Crippen LogP contribution in [0.3, 0.4) is 0 Å². The molecular formula is C22H20Cl2F4N4O2S. The van der Waals surface area contributed by atoms with Gasteiger partial charge in [0, 0.05) is 17.1 Å². The van der Waals surface area contributed by atoms with E-state index in [4.69, 9.17) is 27.9 Å². The molecule has 0 atom stereocenters. The molecule has 0 radical (unpaired) electrons. The summed E-state index contributed by atoms with van der Waals surface area (Å²) in [5.74, 6) is -4.00. The Kier molecular flexibility index (Phi) is 9.40. The molecule has 0 aliphatic carbocycles. The second-order valence-electron chi connectivity index (χ2n) is 7.27. The van der Waals surface area contributed by atoms with E-state index in [1.807, 2.05) is 6.92 Å². The van der Waals surface area contributed by atoms with Gasteiger partial charge in [-0.1, -0.05) is 53.2 Å². The minimum atomic E-state index is -4.21. The van der Waals surface area contributed by atoms with Crippen LogP contribution in [0.25, 0.3) is 11.4 Å². The fraction of sp³-hybridized carbons (Fsp3) is 0.318. The van der Waals surface area contributed by atoms with Gasteiger partial charge in [0.15, 0.2) is 11.0 Å². The van der Waals surface area contributed by atoms with Crippen molar-refractivity contribution in [3.63, 3.8) is 0 Å². The van der Waals surface area contributed by atoms with E-state index in [0.717, 1.165) is 0 Å². The van der Waals surface area contributed by atoms with Gasteiger partial charge in [0.25, 0.3) is 0 Å². The third kappa shape index (κ3) is 7.33. The van der Waals surface area contributed by atoms with Crippen molar-refractivity contribution >= 4 is 46.6 Å². The number of carbonyl (C=O) groups excluding carboxylic acids is 1. The van der Waals surface area contributed by atoms with E-state index >= 15 is 0 Å². The highest BCUT2D eigenvalue weighted by Crippen LogP contribution is 2.28. The summed E-state index contributed by atoms with van der Waals surface area (Å²) in [5, 5.41) is 12.3. The van der Waals surface area contributed by atoms with E-state index in [9.17, 15) is 22.4 Å². The summed E-state index contributed by atoms with van der Waals surface area (Å²) in [6, 6.07) is 11.4. The number of benzene rings is 2. The molecule has 0 fully saturated rings. The SMILES string of the molecule is CCn1c(SCC(=O)Nc2cc(Cl)ccc2Cl)nnc1-c1cccc(COCC(F)(F)C(F)F)c1. The molecule has 6 nitrogen and oxygen atoms in total. The molecule has 0 spiro atoms. The Morgan fingerprint density at radius 1 is 1.20 bits per heavy atom. The second kappa shape index (κ2) is 12.1. The molecule has 1 amide bonds. The number of hydrogen-bond donors (Lipinski definition) is 1. The van der Waals surface area contributed by atoms with Gasteiger partial charge in [-0.15, -0.1) is 10.2 Å². The maximum absolute atomic E-state index is 13.0. The normalized spacial score (nSPS) is 11.8. The van der Waals surface area contributed by atoms with Crippen molar-refractivity contribution in [2.24, 2.45) is 0 Å². The number of nitrogens with one attached hydrogen (secondary N) is 1. The number of ether oxygens (including phenoxy) is 1. The summed E-state index contributed by atoms with van der Waals surface area (Å²) in [5.41, 5.74) is 1.53. The van der Waals surface area contributed by atoms with Crippen LogP contribution in [0.2, 0.25) is 10.0 Å². The number of amides is 1. The fourth-order valence-corrected chi connectivity index (χ4v) is 4.11. The fourth-order valence-electron chi connectivity index (χ4n) is 2.97. The zero-order valence-electron chi connectivity index (χ0n) is 18.3. The van der Waals surface area contributed by atoms with Crippen LogP contribution >= 0.6 is 35.0 Å². The van der Waals surface area contributed by atoms with Crippen LogP contribution in [0.15, 0.2) is 47.6 Å². The molecule has 0 bridgehead atoms. The highest BCUT2D eigenvalue weighted by Gasteiger charge is 2.40. The summed E-state index contributed by atoms with van der Waals surface area (Å²) in [6.07, 6.45) is -3.79. The van der Waals surface area contributed by atoms with E-state index in [1.165, 1.54) is 11.8 Å². The number of nitrogens with zero attached hydrogens (tertiary/aromatic N) is 3. The number of aromatic nitrogens is 3. The first kappa shape index (κ1) is 27.3. The van der Waals surface area contributed by atoms with Crippen molar-refractivity contribution in [3.8, 4) is 11.4 Å². The molecule has 1 aromatic heterocycles. The molecule has 0 saturated heterocycles. The lowest BCUT2D eigenvalue weighted by Gasteiger charge is -2.15. The minimum absolute atomic E-state index is 0.0349. The molecule has 3 rings (SSSR count). The van der Waals surface area contributed by atoms with Gasteiger partial charge in [-0.25, -0.2) is 8.78 Å². The zero-order valence-corrected chi connectivity index (χ0v) is 20.6. The first-order valence-corrected chi connectivity index (χ1v) is 12.0. The topological polar surface area (TPSA) is 69.0 Å². The lowest BCUT2D eigenvalue weighted by atomic mass is 10.1. The maximum atomic E-state index is 13.0. The van der Waals surface area contributed by atoms with E-state index in [0.29, 0.717) is 44.4 Å². The predicted molar refractivity (Wildman–Crippen MR) is 128 cm³/mol. The molecule has 3 aromatic rings. The Balaban J connectivity index is 1.65. The molecule has 2 aromatic carbocycles. The van der Waals surface area contributed by atoms with Crippen molar-refractivity contribution in [3.05, 3.63) is 58.1 Å². The van der Waals surface area contributed by atoms with Crippen molar-refractivity contribution in [1.82, 2.24) is 14.8 Å². The molecule has 1 N–H and O–H groups in total. The van der Waals surface area contributed by atoms with Crippen LogP contribution in [0, 0.1) is 0 Å². The monoisotopic (exact) mass is 550 g/mol. The number of carbonyl (C=O) groups is 1. The summed E-state index contributed by atoms with van der Waals surface area (Å²) >= 11 is 13.2. The van der Waals surface area contributed by atoms with E-state index in [-0.39, 0.29) is 18.3 Å². The lowest BCUT2D eigenvalue weighted by molar-refractivity contribution is -0.168. The van der Waals surface area contributed by atoms with E-state index in [2.05, 4.69) is 15.5 Å². The number of anilines is 1. The standard InChI is InChI=1S/C22H20Cl2F4N4O2S/c1-2-32-19(14-5-3-4-13(8-14)10-34-12-22(27,28)20(25)26)30-31-21(32)35-11-18(33)29-17-9-15(23)6-7-16(17)24/h3-9,20H,2,10-12H2,1H3,(H,29,33). The van der Waals surface area contributed by atoms with Crippen LogP contribution < -0.4 is 5.32 Å². The maximum Gasteiger partial charge on any atom is 0.330 e. The first-order chi connectivity index (χ1) is 16.6. The highest BCUT2D eigenvalue weighted by molar-refractivity contribution is 7.99. The molecule has 13 heteroatoms. The first-order valence-electron chi connectivity index (χ1n) is 10.2. The molecule has 0 unspecified atom stereocenters. The third-order valence-electron chi connectivity index (χ3n) is 4.64. The summed E-state index contributed by atoms with van der Waals surface area (Å²) < 4.78 is 57.2. The summed E-state index contributed by atoms with van der Waals surface area (Å²) in [7, 11) is 0. The van der Waals surface area contributed by atoms with E-state index in [1.54, 1.807) is 47.0 Å². The van der Waals surface area contributed by atoms with Gasteiger partial charge in [0.05, 0.1) is 23.1 Å². The quantitative estimate of drug-likeness (QED) is 0.220. The molecule has 0 aliphatic rings. The molecular weight excluding hydrogens is 531 g/mol. The highest BCUT2D eigenvalue weighted by atomic mass is 35.5. The molecule has 0 saturated carbocycles. The molecule has 0 aliphatic heterocycles. The van der Waals surface area contributed by atoms with Crippen molar-refractivity contribution < 1.29 is 27.1 Å². The van der Waals surface area contributed by atoms with Crippen molar-refractivity contribution in [2.45, 2.75) is 37.6 Å². The van der Waals surface area contributed by atoms with Gasteiger partial charge in [-0.2, -0.15) is 8.78 Å². The Hall–Kier alpha value is -2.34. The summed E-state index contributed by atoms with van der Waals surface area (Å²) in [4.78, 5) is 12.4. The van der Waals surface area contributed by atoms with Crippen LogP contribution in [0.1, 0.15) is 12.5 Å². The third-order valence-corrected chi connectivity index (χ3v) is 6.17. The zero-order chi connectivity index (χ0) is 25.6. The number of halogens is 6. The second-order valence-corrected chi connectivity index (χ2v) is 9.05. The molecule has 1 heterocycles. The van der Waals surface area contributed by atoms with Gasteiger partial charge in [0.2, 0.25) is 5.91 Å². The Morgan fingerprint density at radius 2 is 1.97 bits per heavy atom. The van der Waals surface area contributed by atoms with Crippen LogP contribution in [-0.4, -0.2) is 45.4 Å². The lowest BCUT2D eigenvalue weighted by Crippen LogP contribution is -2.32. The predicted octanol–water partition coefficient (Wildman–Crippen LogP) is 6.42. The average molecular weight is 551 g/mol. The van der Waals surface area contributed by atoms with Gasteiger partial charge in [-0.3, -0.25) is 4.79 Å². The van der Waals surface area contributed by atoms with Crippen LogP contribution in [-0.2, 0) is 22.7 Å².